The van der Waals surface area contributed by atoms with Gasteiger partial charge >= 0.3 is 5.97 Å². The molecule has 0 saturated heterocycles. The number of hydrogen-bond acceptors (Lipinski definition) is 6. The molecule has 2 aromatic heterocycles. The number of carbonyl (C=O) groups excluding carboxylic acids is 1. The highest BCUT2D eigenvalue weighted by molar-refractivity contribution is 5.89. The topological polar surface area (TPSA) is 111 Å². The van der Waals surface area contributed by atoms with Crippen molar-refractivity contribution in [1.29, 1.82) is 0 Å². The first-order valence-corrected chi connectivity index (χ1v) is 8.68. The molecule has 27 heavy (non-hydrogen) atoms. The summed E-state index contributed by atoms with van der Waals surface area (Å²) in [6.07, 6.45) is 3.16. The van der Waals surface area contributed by atoms with Crippen LogP contribution in [-0.2, 0) is 17.6 Å². The minimum Gasteiger partial charge on any atom is -0.456 e. The summed E-state index contributed by atoms with van der Waals surface area (Å²) in [5.74, 6) is -0.281. The summed E-state index contributed by atoms with van der Waals surface area (Å²) in [6.45, 7) is 5.52. The zero-order chi connectivity index (χ0) is 19.6. The molecule has 3 N–H and O–H groups in total. The van der Waals surface area contributed by atoms with Crippen molar-refractivity contribution in [3.63, 3.8) is 0 Å². The third-order valence-corrected chi connectivity index (χ3v) is 3.93. The number of pyridine rings is 1. The fourth-order valence-corrected chi connectivity index (χ4v) is 2.65. The van der Waals surface area contributed by atoms with Crippen molar-refractivity contribution in [2.24, 2.45) is 0 Å². The Hall–Kier alpha value is -3.22. The Morgan fingerprint density at radius 2 is 1.81 bits per heavy atom. The number of nitrogens with zero attached hydrogens (tertiary/aromatic N) is 2. The van der Waals surface area contributed by atoms with Crippen molar-refractivity contribution in [1.82, 2.24) is 15.0 Å². The molecule has 140 valence electrons. The Bertz CT molecular complexity index is 1030. The van der Waals surface area contributed by atoms with Crippen molar-refractivity contribution in [2.75, 3.05) is 5.73 Å². The number of aromatic nitrogens is 3. The molecule has 0 radical (unpaired) electrons. The van der Waals surface area contributed by atoms with E-state index in [1.165, 1.54) is 0 Å². The Labute approximate surface area is 156 Å². The van der Waals surface area contributed by atoms with E-state index < -0.39 is 5.60 Å². The van der Waals surface area contributed by atoms with E-state index in [2.05, 4.69) is 15.0 Å². The SMILES string of the molecule is CC(C)(C)OC(=O)c1ccc(CCc2cnc3nc(N)[nH]c(=O)c3c2)cc1. The van der Waals surface area contributed by atoms with Crippen LogP contribution in [0.2, 0.25) is 0 Å². The van der Waals surface area contributed by atoms with E-state index in [0.717, 1.165) is 17.5 Å². The standard InChI is InChI=1S/C20H22N4O3/c1-20(2,3)27-18(26)14-8-6-12(7-9-14)4-5-13-10-15-16(22-11-13)23-19(21)24-17(15)25/h6-11H,4-5H2,1-3H3,(H3,21,22,23,24,25). The molecule has 0 aliphatic rings. The highest BCUT2D eigenvalue weighted by Gasteiger charge is 2.17. The van der Waals surface area contributed by atoms with Gasteiger partial charge in [-0.3, -0.25) is 9.78 Å². The van der Waals surface area contributed by atoms with Gasteiger partial charge < -0.3 is 10.5 Å². The first-order valence-electron chi connectivity index (χ1n) is 8.68. The van der Waals surface area contributed by atoms with Crippen LogP contribution in [0.1, 0.15) is 42.3 Å². The van der Waals surface area contributed by atoms with Gasteiger partial charge in [-0.25, -0.2) is 9.78 Å². The minimum absolute atomic E-state index is 0.0535. The number of benzene rings is 1. The van der Waals surface area contributed by atoms with Crippen LogP contribution in [0, 0.1) is 0 Å². The first kappa shape index (κ1) is 18.6. The van der Waals surface area contributed by atoms with Crippen molar-refractivity contribution in [3.05, 3.63) is 63.6 Å². The number of nitrogens with one attached hydrogen (secondary N) is 1. The van der Waals surface area contributed by atoms with Gasteiger partial charge in [0.2, 0.25) is 5.95 Å². The summed E-state index contributed by atoms with van der Waals surface area (Å²) in [7, 11) is 0. The number of anilines is 1. The van der Waals surface area contributed by atoms with Crippen molar-refractivity contribution >= 4 is 23.0 Å². The smallest absolute Gasteiger partial charge is 0.338 e. The number of rotatable bonds is 4. The molecule has 0 bridgehead atoms. The predicted molar refractivity (Wildman–Crippen MR) is 104 cm³/mol. The van der Waals surface area contributed by atoms with Crippen LogP contribution in [0.5, 0.6) is 0 Å². The van der Waals surface area contributed by atoms with Gasteiger partial charge in [-0.1, -0.05) is 12.1 Å². The van der Waals surface area contributed by atoms with E-state index in [9.17, 15) is 9.59 Å². The number of aromatic amines is 1. The lowest BCUT2D eigenvalue weighted by Crippen LogP contribution is -2.23. The average Bonchev–Trinajstić information content (AvgIpc) is 2.59. The number of esters is 1. The minimum atomic E-state index is -0.518. The predicted octanol–water partition coefficient (Wildman–Crippen LogP) is 2.64. The Kier molecular flexibility index (Phi) is 4.94. The van der Waals surface area contributed by atoms with E-state index in [1.54, 1.807) is 24.4 Å². The summed E-state index contributed by atoms with van der Waals surface area (Å²) >= 11 is 0. The third kappa shape index (κ3) is 4.69. The number of nitrogen functional groups attached to an aromatic ring is 1. The van der Waals surface area contributed by atoms with Crippen molar-refractivity contribution in [2.45, 2.75) is 39.2 Å². The summed E-state index contributed by atoms with van der Waals surface area (Å²) < 4.78 is 5.36. The van der Waals surface area contributed by atoms with Crippen LogP contribution >= 0.6 is 0 Å². The molecule has 0 unspecified atom stereocenters. The van der Waals surface area contributed by atoms with Crippen LogP contribution in [0.3, 0.4) is 0 Å². The summed E-state index contributed by atoms with van der Waals surface area (Å²) in [5, 5.41) is 0.418. The van der Waals surface area contributed by atoms with E-state index in [1.807, 2.05) is 32.9 Å². The Balaban J connectivity index is 1.69. The fraction of sp³-hybridized carbons (Fsp3) is 0.300. The molecular formula is C20H22N4O3. The van der Waals surface area contributed by atoms with Crippen LogP contribution in [0.15, 0.2) is 41.3 Å². The Morgan fingerprint density at radius 1 is 1.15 bits per heavy atom. The number of fused-ring (bicyclic) bond motifs is 1. The second kappa shape index (κ2) is 7.19. The maximum Gasteiger partial charge on any atom is 0.338 e. The summed E-state index contributed by atoms with van der Waals surface area (Å²) in [4.78, 5) is 34.7. The zero-order valence-corrected chi connectivity index (χ0v) is 15.6. The summed E-state index contributed by atoms with van der Waals surface area (Å²) in [6, 6.07) is 9.12. The number of ether oxygens (including phenoxy) is 1. The lowest BCUT2D eigenvalue weighted by Gasteiger charge is -2.19. The number of aryl methyl sites for hydroxylation is 2. The second-order valence-corrected chi connectivity index (χ2v) is 7.36. The molecule has 1 aromatic carbocycles. The van der Waals surface area contributed by atoms with E-state index in [0.29, 0.717) is 23.0 Å². The van der Waals surface area contributed by atoms with Gasteiger partial charge in [-0.15, -0.1) is 0 Å². The zero-order valence-electron chi connectivity index (χ0n) is 15.6. The van der Waals surface area contributed by atoms with Crippen molar-refractivity contribution < 1.29 is 9.53 Å². The molecule has 0 aliphatic carbocycles. The van der Waals surface area contributed by atoms with Crippen LogP contribution < -0.4 is 11.3 Å². The van der Waals surface area contributed by atoms with Gasteiger partial charge in [0, 0.05) is 6.20 Å². The maximum atomic E-state index is 12.1. The quantitative estimate of drug-likeness (QED) is 0.687. The van der Waals surface area contributed by atoms with Crippen LogP contribution in [0.4, 0.5) is 5.95 Å². The monoisotopic (exact) mass is 366 g/mol. The lowest BCUT2D eigenvalue weighted by molar-refractivity contribution is 0.00695. The largest absolute Gasteiger partial charge is 0.456 e. The number of H-pyrrole nitrogens is 1. The normalized spacial score (nSPS) is 11.5. The average molecular weight is 366 g/mol. The van der Waals surface area contributed by atoms with Gasteiger partial charge in [0.05, 0.1) is 10.9 Å². The number of carbonyl (C=O) groups is 1. The molecule has 0 fully saturated rings. The Morgan fingerprint density at radius 3 is 2.48 bits per heavy atom. The molecule has 0 aliphatic heterocycles. The molecule has 7 heteroatoms. The number of nitrogens with two attached hydrogens (primary N) is 1. The highest BCUT2D eigenvalue weighted by atomic mass is 16.6. The number of hydrogen-bond donors (Lipinski definition) is 2. The molecule has 7 nitrogen and oxygen atoms in total. The van der Waals surface area contributed by atoms with Gasteiger partial charge in [0.25, 0.3) is 5.56 Å². The van der Waals surface area contributed by atoms with Crippen molar-refractivity contribution in [3.8, 4) is 0 Å². The van der Waals surface area contributed by atoms with E-state index in [4.69, 9.17) is 10.5 Å². The molecule has 0 spiro atoms. The molecular weight excluding hydrogens is 344 g/mol. The molecule has 3 aromatic rings. The van der Waals surface area contributed by atoms with Crippen LogP contribution in [-0.4, -0.2) is 26.5 Å². The van der Waals surface area contributed by atoms with E-state index >= 15 is 0 Å². The fourth-order valence-electron chi connectivity index (χ4n) is 2.65. The lowest BCUT2D eigenvalue weighted by atomic mass is 10.0. The molecule has 2 heterocycles. The second-order valence-electron chi connectivity index (χ2n) is 7.36. The molecule has 0 amide bonds. The van der Waals surface area contributed by atoms with Gasteiger partial charge in [0.15, 0.2) is 5.65 Å². The van der Waals surface area contributed by atoms with Crippen LogP contribution in [0.25, 0.3) is 11.0 Å². The van der Waals surface area contributed by atoms with Gasteiger partial charge in [0.1, 0.15) is 5.60 Å². The van der Waals surface area contributed by atoms with E-state index in [-0.39, 0.29) is 17.5 Å². The highest BCUT2D eigenvalue weighted by Crippen LogP contribution is 2.15. The molecule has 0 saturated carbocycles. The molecule has 0 atom stereocenters. The molecule has 3 rings (SSSR count). The summed E-state index contributed by atoms with van der Waals surface area (Å²) in [5.41, 5.74) is 7.57. The van der Waals surface area contributed by atoms with Gasteiger partial charge in [-0.05, 0) is 62.9 Å². The van der Waals surface area contributed by atoms with Gasteiger partial charge in [-0.2, -0.15) is 4.98 Å². The first-order chi connectivity index (χ1) is 12.7. The third-order valence-electron chi connectivity index (χ3n) is 3.93. The maximum absolute atomic E-state index is 12.1.